The summed E-state index contributed by atoms with van der Waals surface area (Å²) in [4.78, 5) is 13.4. The molecule has 1 fully saturated rings. The highest BCUT2D eigenvalue weighted by Crippen LogP contribution is 2.38. The summed E-state index contributed by atoms with van der Waals surface area (Å²) in [6, 6.07) is 12.2. The molecule has 1 atom stereocenters. The number of carbonyl (C=O) groups is 1. The van der Waals surface area contributed by atoms with E-state index in [0.29, 0.717) is 38.3 Å². The fourth-order valence-corrected chi connectivity index (χ4v) is 7.44. The van der Waals surface area contributed by atoms with E-state index in [-0.39, 0.29) is 29.2 Å². The Kier molecular flexibility index (Phi) is 8.52. The van der Waals surface area contributed by atoms with Gasteiger partial charge >= 0.3 is 0 Å². The number of rotatable bonds is 7. The minimum Gasteiger partial charge on any atom is -0.755 e. The van der Waals surface area contributed by atoms with Gasteiger partial charge in [-0.15, -0.1) is 11.3 Å². The molecule has 3 aromatic rings. The molecule has 192 valence electrons. The molecule has 2 heterocycles. The smallest absolute Gasteiger partial charge is 0.257 e. The van der Waals surface area contributed by atoms with Gasteiger partial charge in [-0.3, -0.25) is 13.3 Å². The number of halogens is 2. The second kappa shape index (κ2) is 11.3. The van der Waals surface area contributed by atoms with Crippen LogP contribution in [0.4, 0.5) is 16.4 Å². The third-order valence-electron chi connectivity index (χ3n) is 5.35. The van der Waals surface area contributed by atoms with Gasteiger partial charge in [0.15, 0.2) is 0 Å². The number of hydrogen-bond acceptors (Lipinski definition) is 7. The van der Waals surface area contributed by atoms with E-state index in [1.54, 1.807) is 31.2 Å². The molecule has 14 heteroatoms. The van der Waals surface area contributed by atoms with Crippen LogP contribution in [0.15, 0.2) is 57.9 Å². The third-order valence-corrected chi connectivity index (χ3v) is 9.93. The number of hydrogen-bond donors (Lipinski definition) is 1. The lowest BCUT2D eigenvalue weighted by Gasteiger charge is -2.27. The van der Waals surface area contributed by atoms with Crippen molar-refractivity contribution in [3.05, 3.63) is 68.5 Å². The van der Waals surface area contributed by atoms with Crippen LogP contribution < -0.4 is 9.62 Å². The quantitative estimate of drug-likeness (QED) is 0.378. The summed E-state index contributed by atoms with van der Waals surface area (Å²) >= 11 is 7.64. The molecule has 1 amide bonds. The van der Waals surface area contributed by atoms with E-state index >= 15 is 0 Å². The molecule has 1 aromatic heterocycles. The maximum atomic E-state index is 13.3. The number of amides is 1. The number of carbonyl (C=O) groups excluding carboxylic acids is 1. The number of sulfonamides is 1. The van der Waals surface area contributed by atoms with Gasteiger partial charge in [0.25, 0.3) is 5.91 Å². The molecule has 0 spiro atoms. The summed E-state index contributed by atoms with van der Waals surface area (Å²) in [6.45, 7) is 2.88. The molecule has 2 aromatic carbocycles. The Morgan fingerprint density at radius 1 is 1.19 bits per heavy atom. The van der Waals surface area contributed by atoms with Crippen molar-refractivity contribution in [1.82, 2.24) is 4.31 Å². The van der Waals surface area contributed by atoms with E-state index in [9.17, 15) is 22.0 Å². The zero-order chi connectivity index (χ0) is 26.0. The minimum atomic E-state index is -3.70. The van der Waals surface area contributed by atoms with E-state index < -0.39 is 27.2 Å². The average molecular weight is 634 g/mol. The number of benzene rings is 2. The van der Waals surface area contributed by atoms with Crippen LogP contribution in [0.3, 0.4) is 0 Å². The fourth-order valence-electron chi connectivity index (χ4n) is 3.69. The molecule has 0 aliphatic carbocycles. The van der Waals surface area contributed by atoms with E-state index in [4.69, 9.17) is 16.3 Å². The molecule has 1 aliphatic rings. The lowest BCUT2D eigenvalue weighted by molar-refractivity contribution is 0.0730. The molecule has 0 radical (unpaired) electrons. The summed E-state index contributed by atoms with van der Waals surface area (Å²) in [5.41, 5.74) is 1.04. The van der Waals surface area contributed by atoms with Crippen LogP contribution in [0.1, 0.15) is 15.9 Å². The molecule has 0 saturated carbocycles. The van der Waals surface area contributed by atoms with Crippen molar-refractivity contribution < 1.29 is 26.7 Å². The van der Waals surface area contributed by atoms with E-state index in [1.165, 1.54) is 28.6 Å². The fraction of sp³-hybridized carbons (Fsp3) is 0.227. The second-order valence-electron chi connectivity index (χ2n) is 7.70. The number of aryl methyl sites for hydroxylation is 1. The highest BCUT2D eigenvalue weighted by Gasteiger charge is 2.28. The van der Waals surface area contributed by atoms with Gasteiger partial charge < -0.3 is 14.6 Å². The Morgan fingerprint density at radius 2 is 1.92 bits per heavy atom. The summed E-state index contributed by atoms with van der Waals surface area (Å²) in [6.07, 6.45) is 0. The van der Waals surface area contributed by atoms with Gasteiger partial charge in [-0.1, -0.05) is 27.5 Å². The van der Waals surface area contributed by atoms with Crippen molar-refractivity contribution in [2.24, 2.45) is 0 Å². The van der Waals surface area contributed by atoms with E-state index in [1.807, 2.05) is 0 Å². The largest absolute Gasteiger partial charge is 0.755 e. The van der Waals surface area contributed by atoms with Gasteiger partial charge in [-0.05, 0) is 61.0 Å². The van der Waals surface area contributed by atoms with Gasteiger partial charge in [-0.25, -0.2) is 8.42 Å². The van der Waals surface area contributed by atoms with Gasteiger partial charge in [0.2, 0.25) is 10.0 Å². The number of anilines is 3. The Morgan fingerprint density at radius 3 is 2.53 bits per heavy atom. The van der Waals surface area contributed by atoms with Crippen LogP contribution >= 0.6 is 38.9 Å². The van der Waals surface area contributed by atoms with Crippen molar-refractivity contribution in [1.29, 1.82) is 0 Å². The predicted octanol–water partition coefficient (Wildman–Crippen LogP) is 4.68. The summed E-state index contributed by atoms with van der Waals surface area (Å²) in [7, 11) is -3.70. The van der Waals surface area contributed by atoms with E-state index in [0.717, 1.165) is 15.6 Å². The Hall–Kier alpha value is -1.84. The molecule has 0 bridgehead atoms. The Bertz CT molecular complexity index is 1430. The summed E-state index contributed by atoms with van der Waals surface area (Å²) in [5, 5.41) is 3.05. The van der Waals surface area contributed by atoms with Crippen LogP contribution in [0.5, 0.6) is 0 Å². The highest BCUT2D eigenvalue weighted by atomic mass is 79.9. The number of nitrogens with zero attached hydrogens (tertiary/aromatic N) is 2. The van der Waals surface area contributed by atoms with Crippen molar-refractivity contribution >= 4 is 82.4 Å². The Balaban J connectivity index is 1.63. The van der Waals surface area contributed by atoms with E-state index in [2.05, 4.69) is 21.2 Å². The van der Waals surface area contributed by atoms with Crippen LogP contribution in [-0.4, -0.2) is 53.7 Å². The van der Waals surface area contributed by atoms with Crippen molar-refractivity contribution in [3.8, 4) is 0 Å². The molecule has 1 aliphatic heterocycles. The van der Waals surface area contributed by atoms with Crippen LogP contribution in [-0.2, 0) is 26.0 Å². The molecular weight excluding hydrogens is 614 g/mol. The summed E-state index contributed by atoms with van der Waals surface area (Å²) < 4.78 is 58.8. The number of thiophene rings is 1. The monoisotopic (exact) mass is 632 g/mol. The molecule has 4 rings (SSSR count). The Labute approximate surface area is 228 Å². The third kappa shape index (κ3) is 5.83. The van der Waals surface area contributed by atoms with Crippen molar-refractivity contribution in [3.63, 3.8) is 0 Å². The number of ether oxygens (including phenoxy) is 1. The van der Waals surface area contributed by atoms with Crippen LogP contribution in [0.2, 0.25) is 4.34 Å². The zero-order valence-corrected chi connectivity index (χ0v) is 23.6. The van der Waals surface area contributed by atoms with Gasteiger partial charge in [0, 0.05) is 23.2 Å². The number of nitrogens with one attached hydrogen (secondary N) is 1. The second-order valence-corrected chi connectivity index (χ2v) is 13.0. The van der Waals surface area contributed by atoms with Gasteiger partial charge in [-0.2, -0.15) is 4.31 Å². The minimum absolute atomic E-state index is 0.0840. The topological polar surface area (TPSA) is 119 Å². The first-order valence-electron chi connectivity index (χ1n) is 10.5. The predicted molar refractivity (Wildman–Crippen MR) is 143 cm³/mol. The molecule has 1 saturated heterocycles. The van der Waals surface area contributed by atoms with Crippen LogP contribution in [0.25, 0.3) is 0 Å². The van der Waals surface area contributed by atoms with Crippen molar-refractivity contribution in [2.75, 3.05) is 35.9 Å². The standard InChI is InChI=1S/C22H21BrClN3O6S3/c1-14-12-16(3-5-19(14)36(31,32)26-8-10-33-11-9-26)25-22(28)17-13-15(23)2-4-18(17)27(35(29)30)21-7-6-20(24)34-21/h2-7,12-13H,8-11H2,1H3,(H,25,28)(H,29,30)/p-1. The van der Waals surface area contributed by atoms with Gasteiger partial charge in [0.1, 0.15) is 5.00 Å². The summed E-state index contributed by atoms with van der Waals surface area (Å²) in [5.74, 6) is -0.576. The molecule has 36 heavy (non-hydrogen) atoms. The maximum absolute atomic E-state index is 13.3. The highest BCUT2D eigenvalue weighted by molar-refractivity contribution is 9.10. The first kappa shape index (κ1) is 27.2. The van der Waals surface area contributed by atoms with Gasteiger partial charge in [0.05, 0.1) is 45.0 Å². The lowest BCUT2D eigenvalue weighted by Crippen LogP contribution is -2.40. The zero-order valence-electron chi connectivity index (χ0n) is 18.8. The first-order chi connectivity index (χ1) is 17.1. The molecule has 9 nitrogen and oxygen atoms in total. The lowest BCUT2D eigenvalue weighted by atomic mass is 10.1. The molecule has 1 N–H and O–H groups in total. The maximum Gasteiger partial charge on any atom is 0.257 e. The average Bonchev–Trinajstić information content (AvgIpc) is 3.25. The molecule has 1 unspecified atom stereocenters. The van der Waals surface area contributed by atoms with Crippen molar-refractivity contribution in [2.45, 2.75) is 11.8 Å². The first-order valence-corrected chi connectivity index (χ1v) is 15.0. The number of morpholine rings is 1. The van der Waals surface area contributed by atoms with Crippen LogP contribution in [0, 0.1) is 6.92 Å². The SMILES string of the molecule is Cc1cc(NC(=O)c2cc(Br)ccc2N(c2ccc(Cl)s2)S(=O)[O-])ccc1S(=O)(=O)N1CCOCC1. The molecular formula is C22H20BrClN3O6S3-. The normalized spacial score (nSPS) is 15.4.